The molecular formula is C17H11F3N2. The van der Waals surface area contributed by atoms with Gasteiger partial charge in [0, 0.05) is 17.3 Å². The van der Waals surface area contributed by atoms with Gasteiger partial charge >= 0.3 is 0 Å². The molecule has 0 atom stereocenters. The molecule has 0 aliphatic heterocycles. The first-order chi connectivity index (χ1) is 10.6. The largest absolute Gasteiger partial charge is 0.338 e. The molecule has 1 aromatic heterocycles. The topological polar surface area (TPSA) is 24.9 Å². The van der Waals surface area contributed by atoms with Gasteiger partial charge in [-0.2, -0.15) is 0 Å². The maximum absolute atomic E-state index is 13.7. The molecule has 0 spiro atoms. The molecule has 0 fully saturated rings. The predicted molar refractivity (Wildman–Crippen MR) is 79.3 cm³/mol. The number of anilines is 2. The first-order valence-corrected chi connectivity index (χ1v) is 6.57. The van der Waals surface area contributed by atoms with Gasteiger partial charge in [-0.25, -0.2) is 18.2 Å². The number of benzene rings is 2. The van der Waals surface area contributed by atoms with Crippen LogP contribution in [0.2, 0.25) is 0 Å². The summed E-state index contributed by atoms with van der Waals surface area (Å²) in [6.45, 7) is 0. The number of hydrogen-bond donors (Lipinski definition) is 1. The minimum absolute atomic E-state index is 0.130. The van der Waals surface area contributed by atoms with E-state index in [1.807, 2.05) is 0 Å². The second-order valence-corrected chi connectivity index (χ2v) is 4.64. The minimum atomic E-state index is -0.917. The van der Waals surface area contributed by atoms with Gasteiger partial charge in [-0.05, 0) is 30.3 Å². The van der Waals surface area contributed by atoms with Crippen LogP contribution in [0.4, 0.5) is 24.7 Å². The smallest absolute Gasteiger partial charge is 0.166 e. The Morgan fingerprint density at radius 1 is 0.773 bits per heavy atom. The number of hydrogen-bond acceptors (Lipinski definition) is 2. The van der Waals surface area contributed by atoms with Crippen LogP contribution < -0.4 is 5.32 Å². The zero-order valence-corrected chi connectivity index (χ0v) is 11.4. The Morgan fingerprint density at radius 3 is 2.27 bits per heavy atom. The highest BCUT2D eigenvalue weighted by Crippen LogP contribution is 2.25. The van der Waals surface area contributed by atoms with Gasteiger partial charge < -0.3 is 5.32 Å². The molecule has 3 aromatic rings. The van der Waals surface area contributed by atoms with Gasteiger partial charge in [-0.1, -0.05) is 24.3 Å². The molecule has 2 nitrogen and oxygen atoms in total. The number of nitrogens with zero attached hydrogens (tertiary/aromatic N) is 1. The molecule has 0 saturated heterocycles. The summed E-state index contributed by atoms with van der Waals surface area (Å²) in [5.41, 5.74) is 0.862. The minimum Gasteiger partial charge on any atom is -0.338 e. The van der Waals surface area contributed by atoms with Gasteiger partial charge in [-0.15, -0.1) is 0 Å². The first-order valence-electron chi connectivity index (χ1n) is 6.57. The Balaban J connectivity index is 1.87. The van der Waals surface area contributed by atoms with Gasteiger partial charge in [-0.3, -0.25) is 0 Å². The zero-order valence-electron chi connectivity index (χ0n) is 11.4. The van der Waals surface area contributed by atoms with Crippen molar-refractivity contribution in [2.45, 2.75) is 0 Å². The van der Waals surface area contributed by atoms with Gasteiger partial charge in [0.2, 0.25) is 0 Å². The Labute approximate surface area is 125 Å². The van der Waals surface area contributed by atoms with Crippen LogP contribution in [-0.4, -0.2) is 4.98 Å². The predicted octanol–water partition coefficient (Wildman–Crippen LogP) is 4.91. The summed E-state index contributed by atoms with van der Waals surface area (Å²) in [6.07, 6.45) is 1.40. The number of pyridine rings is 1. The molecule has 1 N–H and O–H groups in total. The van der Waals surface area contributed by atoms with Crippen molar-refractivity contribution >= 4 is 11.5 Å². The Kier molecular flexibility index (Phi) is 3.78. The lowest BCUT2D eigenvalue weighted by atomic mass is 10.1. The Morgan fingerprint density at radius 2 is 1.55 bits per heavy atom. The van der Waals surface area contributed by atoms with E-state index in [4.69, 9.17) is 0 Å². The standard InChI is InChI=1S/C17H11F3N2/c18-13-5-1-2-7-15(13)22-16-9-8-11(10-21-16)12-4-3-6-14(19)17(12)20/h1-10H,(H,21,22). The number of para-hydroxylation sites is 1. The van der Waals surface area contributed by atoms with Crippen LogP contribution in [0.25, 0.3) is 11.1 Å². The SMILES string of the molecule is Fc1ccccc1Nc1ccc(-c2cccc(F)c2F)cn1. The van der Waals surface area contributed by atoms with E-state index in [0.717, 1.165) is 6.07 Å². The van der Waals surface area contributed by atoms with Crippen molar-refractivity contribution in [3.8, 4) is 11.1 Å². The monoisotopic (exact) mass is 300 g/mol. The highest BCUT2D eigenvalue weighted by atomic mass is 19.2. The first kappa shape index (κ1) is 14.1. The second kappa shape index (κ2) is 5.89. The maximum atomic E-state index is 13.7. The van der Waals surface area contributed by atoms with Crippen LogP contribution in [0.5, 0.6) is 0 Å². The molecule has 0 aliphatic carbocycles. The summed E-state index contributed by atoms with van der Waals surface area (Å²) >= 11 is 0. The van der Waals surface area contributed by atoms with Crippen molar-refractivity contribution < 1.29 is 13.2 Å². The third-order valence-electron chi connectivity index (χ3n) is 3.16. The average Bonchev–Trinajstić information content (AvgIpc) is 2.53. The van der Waals surface area contributed by atoms with Gasteiger partial charge in [0.25, 0.3) is 0 Å². The molecular weight excluding hydrogens is 289 g/mol. The summed E-state index contributed by atoms with van der Waals surface area (Å²) in [5.74, 6) is -1.82. The fourth-order valence-corrected chi connectivity index (χ4v) is 2.05. The van der Waals surface area contributed by atoms with Gasteiger partial charge in [0.1, 0.15) is 11.6 Å². The third-order valence-corrected chi connectivity index (χ3v) is 3.16. The van der Waals surface area contributed by atoms with Crippen LogP contribution in [0, 0.1) is 17.5 Å². The summed E-state index contributed by atoms with van der Waals surface area (Å²) in [6, 6.07) is 13.3. The fourth-order valence-electron chi connectivity index (χ4n) is 2.05. The summed E-state index contributed by atoms with van der Waals surface area (Å²) in [7, 11) is 0. The summed E-state index contributed by atoms with van der Waals surface area (Å²) in [4.78, 5) is 4.10. The molecule has 2 aromatic carbocycles. The van der Waals surface area contributed by atoms with E-state index in [2.05, 4.69) is 10.3 Å². The quantitative estimate of drug-likeness (QED) is 0.743. The Bertz CT molecular complexity index is 801. The highest BCUT2D eigenvalue weighted by molar-refractivity contribution is 5.66. The highest BCUT2D eigenvalue weighted by Gasteiger charge is 2.10. The molecule has 5 heteroatoms. The molecule has 0 aliphatic rings. The molecule has 0 saturated carbocycles. The second-order valence-electron chi connectivity index (χ2n) is 4.64. The van der Waals surface area contributed by atoms with Crippen LogP contribution >= 0.6 is 0 Å². The van der Waals surface area contributed by atoms with Crippen LogP contribution in [0.1, 0.15) is 0 Å². The van der Waals surface area contributed by atoms with E-state index in [-0.39, 0.29) is 5.56 Å². The molecule has 0 unspecified atom stereocenters. The van der Waals surface area contributed by atoms with Crippen LogP contribution in [-0.2, 0) is 0 Å². The van der Waals surface area contributed by atoms with E-state index < -0.39 is 17.5 Å². The summed E-state index contributed by atoms with van der Waals surface area (Å²) in [5, 5.41) is 2.82. The van der Waals surface area contributed by atoms with Crippen molar-refractivity contribution in [1.29, 1.82) is 0 Å². The van der Waals surface area contributed by atoms with E-state index >= 15 is 0 Å². The lowest BCUT2D eigenvalue weighted by Crippen LogP contribution is -1.96. The summed E-state index contributed by atoms with van der Waals surface area (Å²) < 4.78 is 40.5. The van der Waals surface area contributed by atoms with Crippen LogP contribution in [0.15, 0.2) is 60.8 Å². The zero-order chi connectivity index (χ0) is 15.5. The normalized spacial score (nSPS) is 10.5. The fraction of sp³-hybridized carbons (Fsp3) is 0. The van der Waals surface area contributed by atoms with Crippen molar-refractivity contribution in [2.75, 3.05) is 5.32 Å². The Hall–Kier alpha value is -2.82. The molecule has 110 valence electrons. The number of rotatable bonds is 3. The van der Waals surface area contributed by atoms with Crippen molar-refractivity contribution in [1.82, 2.24) is 4.98 Å². The third kappa shape index (κ3) is 2.79. The van der Waals surface area contributed by atoms with Crippen molar-refractivity contribution in [3.05, 3.63) is 78.2 Å². The molecule has 0 bridgehead atoms. The van der Waals surface area contributed by atoms with Gasteiger partial charge in [0.15, 0.2) is 11.6 Å². The van der Waals surface area contributed by atoms with Gasteiger partial charge in [0.05, 0.1) is 5.69 Å². The molecule has 1 heterocycles. The molecule has 0 amide bonds. The van der Waals surface area contributed by atoms with Crippen molar-refractivity contribution in [2.24, 2.45) is 0 Å². The van der Waals surface area contributed by atoms with E-state index in [0.29, 0.717) is 17.1 Å². The van der Waals surface area contributed by atoms with E-state index in [9.17, 15) is 13.2 Å². The van der Waals surface area contributed by atoms with E-state index in [1.165, 1.54) is 24.4 Å². The molecule has 3 rings (SSSR count). The van der Waals surface area contributed by atoms with Crippen LogP contribution in [0.3, 0.4) is 0 Å². The number of aromatic nitrogens is 1. The molecule has 0 radical (unpaired) electrons. The number of halogens is 3. The average molecular weight is 300 g/mol. The lowest BCUT2D eigenvalue weighted by molar-refractivity contribution is 0.511. The molecule has 22 heavy (non-hydrogen) atoms. The van der Waals surface area contributed by atoms with E-state index in [1.54, 1.807) is 30.3 Å². The lowest BCUT2D eigenvalue weighted by Gasteiger charge is -2.08. The number of nitrogens with one attached hydrogen (secondary N) is 1. The maximum Gasteiger partial charge on any atom is 0.166 e. The van der Waals surface area contributed by atoms with Crippen molar-refractivity contribution in [3.63, 3.8) is 0 Å².